The SMILES string of the molecule is CC1Cc2ccccc2N(c2nc3c(s2)CCCC3N)C1. The number of fused-ring (bicyclic) bond motifs is 2. The second-order valence-corrected chi connectivity index (χ2v) is 7.41. The van der Waals surface area contributed by atoms with Gasteiger partial charge in [-0.25, -0.2) is 4.98 Å². The van der Waals surface area contributed by atoms with Gasteiger partial charge in [0.15, 0.2) is 5.13 Å². The number of aryl methyl sites for hydroxylation is 1. The van der Waals surface area contributed by atoms with Crippen molar-refractivity contribution in [2.75, 3.05) is 11.4 Å². The minimum Gasteiger partial charge on any atom is -0.323 e. The van der Waals surface area contributed by atoms with E-state index in [4.69, 9.17) is 10.7 Å². The van der Waals surface area contributed by atoms with Crippen molar-refractivity contribution in [2.45, 2.75) is 38.6 Å². The molecule has 1 aliphatic heterocycles. The summed E-state index contributed by atoms with van der Waals surface area (Å²) in [5, 5.41) is 1.14. The van der Waals surface area contributed by atoms with Crippen molar-refractivity contribution in [2.24, 2.45) is 11.7 Å². The smallest absolute Gasteiger partial charge is 0.190 e. The number of nitrogens with two attached hydrogens (primary N) is 1. The fourth-order valence-corrected chi connectivity index (χ4v) is 4.73. The standard InChI is InChI=1S/C17H21N3S/c1-11-9-12-5-2-3-7-14(12)20(10-11)17-19-16-13(18)6-4-8-15(16)21-17/h2-3,5,7,11,13H,4,6,8-10,18H2,1H3. The van der Waals surface area contributed by atoms with E-state index in [0.29, 0.717) is 5.92 Å². The predicted molar refractivity (Wildman–Crippen MR) is 88.3 cm³/mol. The summed E-state index contributed by atoms with van der Waals surface area (Å²) in [6, 6.07) is 8.87. The Bertz CT molecular complexity index is 664. The molecule has 1 aliphatic carbocycles. The molecule has 1 aromatic carbocycles. The number of aromatic nitrogens is 1. The monoisotopic (exact) mass is 299 g/mol. The first-order valence-electron chi connectivity index (χ1n) is 7.83. The molecule has 2 aliphatic rings. The van der Waals surface area contributed by atoms with Crippen LogP contribution in [0, 0.1) is 5.92 Å². The van der Waals surface area contributed by atoms with Gasteiger partial charge in [0.25, 0.3) is 0 Å². The summed E-state index contributed by atoms with van der Waals surface area (Å²) >= 11 is 1.85. The van der Waals surface area contributed by atoms with E-state index < -0.39 is 0 Å². The zero-order valence-corrected chi connectivity index (χ0v) is 13.2. The second-order valence-electron chi connectivity index (χ2n) is 6.35. The molecular weight excluding hydrogens is 278 g/mol. The van der Waals surface area contributed by atoms with Crippen LogP contribution in [0.2, 0.25) is 0 Å². The number of para-hydroxylation sites is 1. The van der Waals surface area contributed by atoms with Gasteiger partial charge in [0, 0.05) is 23.2 Å². The normalized spacial score (nSPS) is 24.6. The summed E-state index contributed by atoms with van der Waals surface area (Å²) < 4.78 is 0. The number of anilines is 2. The van der Waals surface area contributed by atoms with Crippen LogP contribution in [0.5, 0.6) is 0 Å². The number of hydrogen-bond acceptors (Lipinski definition) is 4. The topological polar surface area (TPSA) is 42.2 Å². The zero-order valence-electron chi connectivity index (χ0n) is 12.4. The molecule has 2 heterocycles. The van der Waals surface area contributed by atoms with Gasteiger partial charge >= 0.3 is 0 Å². The van der Waals surface area contributed by atoms with Crippen molar-refractivity contribution in [1.82, 2.24) is 4.98 Å². The lowest BCUT2D eigenvalue weighted by molar-refractivity contribution is 0.554. The molecule has 4 heteroatoms. The molecule has 2 unspecified atom stereocenters. The summed E-state index contributed by atoms with van der Waals surface area (Å²) in [5.74, 6) is 0.662. The lowest BCUT2D eigenvalue weighted by Crippen LogP contribution is -2.30. The highest BCUT2D eigenvalue weighted by atomic mass is 32.1. The first kappa shape index (κ1) is 13.3. The van der Waals surface area contributed by atoms with E-state index in [-0.39, 0.29) is 6.04 Å². The molecule has 0 saturated heterocycles. The van der Waals surface area contributed by atoms with Crippen LogP contribution in [0.1, 0.15) is 41.9 Å². The Hall–Kier alpha value is -1.39. The van der Waals surface area contributed by atoms with Gasteiger partial charge in [0.1, 0.15) is 0 Å². The van der Waals surface area contributed by atoms with Crippen LogP contribution >= 0.6 is 11.3 Å². The van der Waals surface area contributed by atoms with Gasteiger partial charge in [-0.05, 0) is 43.2 Å². The summed E-state index contributed by atoms with van der Waals surface area (Å²) in [7, 11) is 0. The van der Waals surface area contributed by atoms with Crippen molar-refractivity contribution < 1.29 is 0 Å². The summed E-state index contributed by atoms with van der Waals surface area (Å²) in [5.41, 5.74) is 10.2. The van der Waals surface area contributed by atoms with E-state index in [1.54, 1.807) is 0 Å². The first-order valence-corrected chi connectivity index (χ1v) is 8.64. The molecule has 4 rings (SSSR count). The third-order valence-electron chi connectivity index (χ3n) is 4.56. The molecule has 2 aromatic rings. The maximum absolute atomic E-state index is 6.24. The molecule has 0 spiro atoms. The lowest BCUT2D eigenvalue weighted by atomic mass is 9.94. The highest BCUT2D eigenvalue weighted by Crippen LogP contribution is 2.41. The Morgan fingerprint density at radius 3 is 3.05 bits per heavy atom. The van der Waals surface area contributed by atoms with E-state index in [2.05, 4.69) is 36.1 Å². The van der Waals surface area contributed by atoms with E-state index in [1.807, 2.05) is 11.3 Å². The van der Waals surface area contributed by atoms with Crippen LogP contribution in [0.25, 0.3) is 0 Å². The van der Waals surface area contributed by atoms with Crippen molar-refractivity contribution >= 4 is 22.2 Å². The fourth-order valence-electron chi connectivity index (χ4n) is 3.53. The maximum atomic E-state index is 6.24. The molecule has 2 N–H and O–H groups in total. The molecule has 21 heavy (non-hydrogen) atoms. The van der Waals surface area contributed by atoms with Gasteiger partial charge in [0.05, 0.1) is 5.69 Å². The minimum atomic E-state index is 0.135. The Balaban J connectivity index is 1.77. The Kier molecular flexibility index (Phi) is 3.23. The summed E-state index contributed by atoms with van der Waals surface area (Å²) in [6.45, 7) is 3.38. The maximum Gasteiger partial charge on any atom is 0.190 e. The molecular formula is C17H21N3S. The van der Waals surface area contributed by atoms with Gasteiger partial charge < -0.3 is 10.6 Å². The van der Waals surface area contributed by atoms with E-state index in [1.165, 1.54) is 22.5 Å². The highest BCUT2D eigenvalue weighted by molar-refractivity contribution is 7.15. The van der Waals surface area contributed by atoms with Crippen molar-refractivity contribution in [1.29, 1.82) is 0 Å². The van der Waals surface area contributed by atoms with Gasteiger partial charge in [0.2, 0.25) is 0 Å². The van der Waals surface area contributed by atoms with E-state index in [0.717, 1.165) is 36.6 Å². The summed E-state index contributed by atoms with van der Waals surface area (Å²) in [6.07, 6.45) is 4.58. The quantitative estimate of drug-likeness (QED) is 0.870. The third-order valence-corrected chi connectivity index (χ3v) is 5.72. The molecule has 0 amide bonds. The minimum absolute atomic E-state index is 0.135. The fraction of sp³-hybridized carbons (Fsp3) is 0.471. The molecule has 1 aromatic heterocycles. The lowest BCUT2D eigenvalue weighted by Gasteiger charge is -2.32. The average Bonchev–Trinajstić information content (AvgIpc) is 2.92. The molecule has 0 radical (unpaired) electrons. The van der Waals surface area contributed by atoms with Crippen LogP contribution in [-0.2, 0) is 12.8 Å². The number of nitrogens with zero attached hydrogens (tertiary/aromatic N) is 2. The van der Waals surface area contributed by atoms with Crippen LogP contribution < -0.4 is 10.6 Å². The first-order chi connectivity index (χ1) is 10.2. The predicted octanol–water partition coefficient (Wildman–Crippen LogP) is 3.81. The van der Waals surface area contributed by atoms with Crippen molar-refractivity contribution in [3.05, 3.63) is 40.4 Å². The number of benzene rings is 1. The third kappa shape index (κ3) is 2.27. The van der Waals surface area contributed by atoms with Gasteiger partial charge in [-0.1, -0.05) is 25.1 Å². The van der Waals surface area contributed by atoms with Crippen LogP contribution in [-0.4, -0.2) is 11.5 Å². The summed E-state index contributed by atoms with van der Waals surface area (Å²) in [4.78, 5) is 8.71. The number of hydrogen-bond donors (Lipinski definition) is 1. The molecule has 0 saturated carbocycles. The highest BCUT2D eigenvalue weighted by Gasteiger charge is 2.28. The number of thiazole rings is 1. The van der Waals surface area contributed by atoms with Gasteiger partial charge in [-0.3, -0.25) is 0 Å². The molecule has 0 bridgehead atoms. The average molecular weight is 299 g/mol. The zero-order chi connectivity index (χ0) is 14.4. The molecule has 110 valence electrons. The Morgan fingerprint density at radius 2 is 2.19 bits per heavy atom. The van der Waals surface area contributed by atoms with Gasteiger partial charge in [-0.15, -0.1) is 11.3 Å². The molecule has 2 atom stereocenters. The van der Waals surface area contributed by atoms with Crippen molar-refractivity contribution in [3.63, 3.8) is 0 Å². The number of rotatable bonds is 1. The van der Waals surface area contributed by atoms with Crippen LogP contribution in [0.4, 0.5) is 10.8 Å². The van der Waals surface area contributed by atoms with Crippen molar-refractivity contribution in [3.8, 4) is 0 Å². The molecule has 0 fully saturated rings. The Labute approximate surface area is 129 Å². The Morgan fingerprint density at radius 1 is 1.33 bits per heavy atom. The van der Waals surface area contributed by atoms with Crippen LogP contribution in [0.15, 0.2) is 24.3 Å². The largest absolute Gasteiger partial charge is 0.323 e. The van der Waals surface area contributed by atoms with E-state index >= 15 is 0 Å². The van der Waals surface area contributed by atoms with Gasteiger partial charge in [-0.2, -0.15) is 0 Å². The van der Waals surface area contributed by atoms with Crippen LogP contribution in [0.3, 0.4) is 0 Å². The van der Waals surface area contributed by atoms with E-state index in [9.17, 15) is 0 Å². The second kappa shape index (κ2) is 5.11. The molecule has 3 nitrogen and oxygen atoms in total.